The Hall–Kier alpha value is -2.05. The molecule has 0 bridgehead atoms. The predicted octanol–water partition coefficient (Wildman–Crippen LogP) is 0.937. The van der Waals surface area contributed by atoms with Crippen molar-refractivity contribution in [1.29, 1.82) is 0 Å². The fourth-order valence-electron chi connectivity index (χ4n) is 1.73. The molecule has 0 spiro atoms. The minimum absolute atomic E-state index is 0.454. The maximum atomic E-state index is 5.91. The molecule has 1 fully saturated rings. The van der Waals surface area contributed by atoms with Crippen molar-refractivity contribution in [3.63, 3.8) is 0 Å². The Kier molecular flexibility index (Phi) is 2.29. The highest BCUT2D eigenvalue weighted by Gasteiger charge is 2.53. The van der Waals surface area contributed by atoms with Gasteiger partial charge in [0, 0.05) is 34.0 Å². The van der Waals surface area contributed by atoms with Crippen LogP contribution in [0.25, 0.3) is 0 Å². The Labute approximate surface area is 104 Å². The van der Waals surface area contributed by atoms with Crippen LogP contribution >= 0.6 is 0 Å². The molecule has 2 heterocycles. The first kappa shape index (κ1) is 11.1. The third-order valence-corrected chi connectivity index (χ3v) is 2.90. The van der Waals surface area contributed by atoms with Crippen molar-refractivity contribution >= 4 is 5.95 Å². The number of aromatic nitrogens is 4. The lowest BCUT2D eigenvalue weighted by Gasteiger charge is -2.11. The number of rotatable bonds is 4. The summed E-state index contributed by atoms with van der Waals surface area (Å²) >= 11 is 0. The summed E-state index contributed by atoms with van der Waals surface area (Å²) in [4.78, 5) is 6.14. The molecule has 3 rings (SSSR count). The van der Waals surface area contributed by atoms with E-state index in [2.05, 4.69) is 15.2 Å². The van der Waals surface area contributed by atoms with E-state index in [0.717, 1.165) is 18.6 Å². The molecule has 0 aromatic carbocycles. The first-order chi connectivity index (χ1) is 8.59. The summed E-state index contributed by atoms with van der Waals surface area (Å²) in [5.74, 6) is 1.82. The molecule has 1 aliphatic rings. The average molecular weight is 249 g/mol. The number of hydrogen-bond acceptors (Lipinski definition) is 6. The van der Waals surface area contributed by atoms with Crippen LogP contribution in [0, 0.1) is 0 Å². The standard InChI is InChI=1S/C11H15N5O2/c1-15(2)10-13-9(18-14-10)11(4-5-11)17-8-6-12-16(3)7-8/h6-7H,4-5H2,1-3H3. The van der Waals surface area contributed by atoms with Gasteiger partial charge in [-0.15, -0.1) is 0 Å². The highest BCUT2D eigenvalue weighted by atomic mass is 16.5. The number of hydrogen-bond donors (Lipinski definition) is 0. The SMILES string of the molecule is CN(C)c1noc(C2(Oc3cnn(C)c3)CC2)n1. The Morgan fingerprint density at radius 3 is 2.72 bits per heavy atom. The van der Waals surface area contributed by atoms with Gasteiger partial charge in [-0.2, -0.15) is 10.1 Å². The summed E-state index contributed by atoms with van der Waals surface area (Å²) in [6.45, 7) is 0. The van der Waals surface area contributed by atoms with Crippen LogP contribution in [0.3, 0.4) is 0 Å². The van der Waals surface area contributed by atoms with Crippen LogP contribution in [0.2, 0.25) is 0 Å². The van der Waals surface area contributed by atoms with Crippen LogP contribution in [0.5, 0.6) is 5.75 Å². The number of ether oxygens (including phenoxy) is 1. The van der Waals surface area contributed by atoms with E-state index in [1.54, 1.807) is 15.8 Å². The van der Waals surface area contributed by atoms with Crippen molar-refractivity contribution in [2.75, 3.05) is 19.0 Å². The van der Waals surface area contributed by atoms with E-state index < -0.39 is 5.60 Å². The second-order valence-electron chi connectivity index (χ2n) is 4.74. The fourth-order valence-corrected chi connectivity index (χ4v) is 1.73. The van der Waals surface area contributed by atoms with Crippen LogP contribution in [0.1, 0.15) is 18.7 Å². The topological polar surface area (TPSA) is 69.2 Å². The zero-order valence-electron chi connectivity index (χ0n) is 10.6. The van der Waals surface area contributed by atoms with E-state index in [-0.39, 0.29) is 0 Å². The molecule has 0 atom stereocenters. The minimum atomic E-state index is -0.454. The van der Waals surface area contributed by atoms with Gasteiger partial charge < -0.3 is 14.2 Å². The van der Waals surface area contributed by atoms with Gasteiger partial charge in [0.05, 0.1) is 12.4 Å². The molecular formula is C11H15N5O2. The van der Waals surface area contributed by atoms with Crippen LogP contribution in [0.15, 0.2) is 16.9 Å². The molecule has 96 valence electrons. The second-order valence-corrected chi connectivity index (χ2v) is 4.74. The highest BCUT2D eigenvalue weighted by molar-refractivity contribution is 5.27. The van der Waals surface area contributed by atoms with Crippen molar-refractivity contribution in [2.24, 2.45) is 7.05 Å². The molecule has 7 nitrogen and oxygen atoms in total. The van der Waals surface area contributed by atoms with E-state index in [1.165, 1.54) is 0 Å². The predicted molar refractivity (Wildman–Crippen MR) is 63.4 cm³/mol. The van der Waals surface area contributed by atoms with Gasteiger partial charge in [-0.05, 0) is 5.16 Å². The molecule has 0 radical (unpaired) electrons. The third kappa shape index (κ3) is 1.81. The van der Waals surface area contributed by atoms with Crippen molar-refractivity contribution in [3.8, 4) is 5.75 Å². The lowest BCUT2D eigenvalue weighted by atomic mass is 10.3. The minimum Gasteiger partial charge on any atom is -0.474 e. The molecule has 2 aromatic rings. The Morgan fingerprint density at radius 2 is 2.22 bits per heavy atom. The zero-order chi connectivity index (χ0) is 12.8. The van der Waals surface area contributed by atoms with Crippen molar-refractivity contribution < 1.29 is 9.26 Å². The van der Waals surface area contributed by atoms with E-state index in [0.29, 0.717) is 11.8 Å². The zero-order valence-corrected chi connectivity index (χ0v) is 10.6. The maximum absolute atomic E-state index is 5.91. The van der Waals surface area contributed by atoms with Crippen LogP contribution in [0.4, 0.5) is 5.95 Å². The number of anilines is 1. The van der Waals surface area contributed by atoms with Gasteiger partial charge >= 0.3 is 0 Å². The molecule has 1 aliphatic carbocycles. The first-order valence-electron chi connectivity index (χ1n) is 5.78. The van der Waals surface area contributed by atoms with Crippen LogP contribution in [-0.4, -0.2) is 34.0 Å². The van der Waals surface area contributed by atoms with E-state index in [9.17, 15) is 0 Å². The van der Waals surface area contributed by atoms with E-state index in [4.69, 9.17) is 9.26 Å². The molecule has 2 aromatic heterocycles. The summed E-state index contributed by atoms with van der Waals surface area (Å²) in [5, 5.41) is 7.98. The summed E-state index contributed by atoms with van der Waals surface area (Å²) in [5.41, 5.74) is -0.454. The van der Waals surface area contributed by atoms with E-state index in [1.807, 2.05) is 27.3 Å². The molecule has 7 heteroatoms. The summed E-state index contributed by atoms with van der Waals surface area (Å²) in [6, 6.07) is 0. The Morgan fingerprint density at radius 1 is 1.44 bits per heavy atom. The Bertz CT molecular complexity index is 555. The van der Waals surface area contributed by atoms with Gasteiger partial charge in [-0.3, -0.25) is 4.68 Å². The third-order valence-electron chi connectivity index (χ3n) is 2.90. The number of aryl methyl sites for hydroxylation is 1. The number of nitrogens with zero attached hydrogens (tertiary/aromatic N) is 5. The van der Waals surface area contributed by atoms with Gasteiger partial charge in [0.15, 0.2) is 11.4 Å². The molecule has 18 heavy (non-hydrogen) atoms. The van der Waals surface area contributed by atoms with Crippen LogP contribution in [-0.2, 0) is 12.6 Å². The van der Waals surface area contributed by atoms with Gasteiger partial charge in [0.2, 0.25) is 0 Å². The van der Waals surface area contributed by atoms with Gasteiger partial charge in [-0.25, -0.2) is 0 Å². The summed E-state index contributed by atoms with van der Waals surface area (Å²) in [7, 11) is 5.59. The molecule has 0 saturated heterocycles. The molecular weight excluding hydrogens is 234 g/mol. The lowest BCUT2D eigenvalue weighted by molar-refractivity contribution is 0.134. The first-order valence-corrected chi connectivity index (χ1v) is 5.78. The van der Waals surface area contributed by atoms with Crippen molar-refractivity contribution in [2.45, 2.75) is 18.4 Å². The summed E-state index contributed by atoms with van der Waals surface area (Å²) in [6.07, 6.45) is 5.28. The molecule has 0 amide bonds. The largest absolute Gasteiger partial charge is 0.474 e. The average Bonchev–Trinajstić information content (AvgIpc) is 2.78. The van der Waals surface area contributed by atoms with Crippen molar-refractivity contribution in [1.82, 2.24) is 19.9 Å². The molecule has 0 N–H and O–H groups in total. The van der Waals surface area contributed by atoms with Crippen molar-refractivity contribution in [3.05, 3.63) is 18.3 Å². The molecule has 1 saturated carbocycles. The molecule has 0 unspecified atom stereocenters. The Balaban J connectivity index is 1.81. The lowest BCUT2D eigenvalue weighted by Crippen LogP contribution is -2.16. The highest BCUT2D eigenvalue weighted by Crippen LogP contribution is 2.48. The van der Waals surface area contributed by atoms with Gasteiger partial charge in [0.25, 0.3) is 11.8 Å². The second kappa shape index (κ2) is 3.72. The quantitative estimate of drug-likeness (QED) is 0.803. The molecule has 0 aliphatic heterocycles. The van der Waals surface area contributed by atoms with Gasteiger partial charge in [0.1, 0.15) is 0 Å². The fraction of sp³-hybridized carbons (Fsp3) is 0.545. The van der Waals surface area contributed by atoms with Crippen LogP contribution < -0.4 is 9.64 Å². The van der Waals surface area contributed by atoms with E-state index >= 15 is 0 Å². The maximum Gasteiger partial charge on any atom is 0.272 e. The van der Waals surface area contributed by atoms with Gasteiger partial charge in [-0.1, -0.05) is 0 Å². The normalized spacial score (nSPS) is 16.6. The smallest absolute Gasteiger partial charge is 0.272 e. The monoisotopic (exact) mass is 249 g/mol. The summed E-state index contributed by atoms with van der Waals surface area (Å²) < 4.78 is 12.9.